The van der Waals surface area contributed by atoms with Gasteiger partial charge in [0, 0.05) is 50.2 Å². The van der Waals surface area contributed by atoms with Gasteiger partial charge in [0.05, 0.1) is 0 Å². The molecule has 0 unspecified atom stereocenters. The molecule has 1 aliphatic rings. The SMILES string of the molecule is CCCCNC(=O)N1CCN(c2nc(Cc3ccccc3)ns2)C[C@@H]1C. The number of benzene rings is 1. The van der Waals surface area contributed by atoms with Crippen molar-refractivity contribution in [1.29, 1.82) is 0 Å². The van der Waals surface area contributed by atoms with Crippen molar-refractivity contribution in [3.05, 3.63) is 41.7 Å². The lowest BCUT2D eigenvalue weighted by atomic mass is 10.1. The largest absolute Gasteiger partial charge is 0.343 e. The molecular weight excluding hydrogens is 346 g/mol. The van der Waals surface area contributed by atoms with Crippen LogP contribution in [0.4, 0.5) is 9.93 Å². The maximum atomic E-state index is 12.3. The van der Waals surface area contributed by atoms with Gasteiger partial charge in [-0.05, 0) is 18.9 Å². The smallest absolute Gasteiger partial charge is 0.317 e. The second-order valence-corrected chi connectivity index (χ2v) is 7.46. The average molecular weight is 374 g/mol. The number of carbonyl (C=O) groups is 1. The van der Waals surface area contributed by atoms with E-state index in [1.807, 2.05) is 23.1 Å². The molecule has 140 valence electrons. The lowest BCUT2D eigenvalue weighted by Crippen LogP contribution is -2.56. The first-order chi connectivity index (χ1) is 12.7. The standard InChI is InChI=1S/C19H27N5OS/c1-3-4-10-20-18(25)24-12-11-23(14-15(24)2)19-21-17(22-26-19)13-16-8-6-5-7-9-16/h5-9,15H,3-4,10-14H2,1-2H3,(H,20,25)/t15-/m0/s1. The Labute approximate surface area is 159 Å². The summed E-state index contributed by atoms with van der Waals surface area (Å²) in [6.45, 7) is 7.28. The van der Waals surface area contributed by atoms with Crippen LogP contribution in [0.2, 0.25) is 0 Å². The Morgan fingerprint density at radius 1 is 1.31 bits per heavy atom. The van der Waals surface area contributed by atoms with Crippen molar-refractivity contribution < 1.29 is 4.79 Å². The van der Waals surface area contributed by atoms with Gasteiger partial charge in [0.25, 0.3) is 0 Å². The van der Waals surface area contributed by atoms with E-state index in [-0.39, 0.29) is 12.1 Å². The number of hydrogen-bond donors (Lipinski definition) is 1. The number of amides is 2. The highest BCUT2D eigenvalue weighted by molar-refractivity contribution is 7.09. The minimum atomic E-state index is 0.0487. The van der Waals surface area contributed by atoms with Gasteiger partial charge in [-0.3, -0.25) is 0 Å². The average Bonchev–Trinajstić information content (AvgIpc) is 3.11. The molecule has 2 heterocycles. The van der Waals surface area contributed by atoms with Gasteiger partial charge < -0.3 is 15.1 Å². The summed E-state index contributed by atoms with van der Waals surface area (Å²) in [5, 5.41) is 3.97. The molecule has 0 aliphatic carbocycles. The van der Waals surface area contributed by atoms with Crippen LogP contribution in [0.25, 0.3) is 0 Å². The monoisotopic (exact) mass is 373 g/mol. The van der Waals surface area contributed by atoms with Crippen LogP contribution in [0.1, 0.15) is 38.1 Å². The fourth-order valence-corrected chi connectivity index (χ4v) is 3.85. The normalized spacial score (nSPS) is 17.4. The van der Waals surface area contributed by atoms with E-state index in [2.05, 4.69) is 40.6 Å². The molecule has 3 rings (SSSR count). The third-order valence-electron chi connectivity index (χ3n) is 4.63. The van der Waals surface area contributed by atoms with Gasteiger partial charge >= 0.3 is 6.03 Å². The summed E-state index contributed by atoms with van der Waals surface area (Å²) in [6.07, 6.45) is 2.87. The number of nitrogens with one attached hydrogen (secondary N) is 1. The number of urea groups is 1. The van der Waals surface area contributed by atoms with Crippen LogP contribution < -0.4 is 10.2 Å². The number of carbonyl (C=O) groups excluding carboxylic acids is 1. The molecule has 0 bridgehead atoms. The highest BCUT2D eigenvalue weighted by Gasteiger charge is 2.28. The van der Waals surface area contributed by atoms with Crippen molar-refractivity contribution in [1.82, 2.24) is 19.6 Å². The Balaban J connectivity index is 1.55. The highest BCUT2D eigenvalue weighted by atomic mass is 32.1. The minimum Gasteiger partial charge on any atom is -0.343 e. The predicted molar refractivity (Wildman–Crippen MR) is 106 cm³/mol. The summed E-state index contributed by atoms with van der Waals surface area (Å²) in [5.41, 5.74) is 1.22. The number of rotatable bonds is 6. The Hall–Kier alpha value is -2.15. The first-order valence-corrected chi connectivity index (χ1v) is 10.1. The fourth-order valence-electron chi connectivity index (χ4n) is 3.13. The first-order valence-electron chi connectivity index (χ1n) is 9.33. The molecule has 1 aromatic heterocycles. The number of unbranched alkanes of at least 4 members (excludes halogenated alkanes) is 1. The summed E-state index contributed by atoms with van der Waals surface area (Å²) in [4.78, 5) is 21.2. The van der Waals surface area contributed by atoms with Crippen LogP contribution in [-0.2, 0) is 6.42 Å². The van der Waals surface area contributed by atoms with Crippen molar-refractivity contribution in [2.45, 2.75) is 39.2 Å². The van der Waals surface area contributed by atoms with Gasteiger partial charge in [-0.15, -0.1) is 0 Å². The van der Waals surface area contributed by atoms with Crippen LogP contribution in [0.3, 0.4) is 0 Å². The zero-order valence-corrected chi connectivity index (χ0v) is 16.3. The molecule has 1 fully saturated rings. The third-order valence-corrected chi connectivity index (χ3v) is 5.44. The molecule has 1 N–H and O–H groups in total. The Kier molecular flexibility index (Phi) is 6.44. The Bertz CT molecular complexity index is 705. The molecule has 6 nitrogen and oxygen atoms in total. The lowest BCUT2D eigenvalue weighted by Gasteiger charge is -2.39. The quantitative estimate of drug-likeness (QED) is 0.790. The summed E-state index contributed by atoms with van der Waals surface area (Å²) >= 11 is 1.45. The van der Waals surface area contributed by atoms with Gasteiger partial charge in [-0.2, -0.15) is 4.37 Å². The summed E-state index contributed by atoms with van der Waals surface area (Å²) in [6, 6.07) is 10.5. The van der Waals surface area contributed by atoms with Gasteiger partial charge in [0.1, 0.15) is 5.82 Å². The molecule has 0 saturated carbocycles. The van der Waals surface area contributed by atoms with E-state index in [9.17, 15) is 4.79 Å². The van der Waals surface area contributed by atoms with Crippen molar-refractivity contribution in [3.63, 3.8) is 0 Å². The fraction of sp³-hybridized carbons (Fsp3) is 0.526. The van der Waals surface area contributed by atoms with E-state index in [1.54, 1.807) is 0 Å². The predicted octanol–water partition coefficient (Wildman–Crippen LogP) is 3.15. The third kappa shape index (κ3) is 4.72. The molecule has 0 spiro atoms. The summed E-state index contributed by atoms with van der Waals surface area (Å²) in [5.74, 6) is 0.864. The molecular formula is C19H27N5OS. The minimum absolute atomic E-state index is 0.0487. The van der Waals surface area contributed by atoms with E-state index >= 15 is 0 Å². The molecule has 1 aliphatic heterocycles. The van der Waals surface area contributed by atoms with Crippen molar-refractivity contribution in [2.24, 2.45) is 0 Å². The van der Waals surface area contributed by atoms with Crippen molar-refractivity contribution >= 4 is 22.7 Å². The lowest BCUT2D eigenvalue weighted by molar-refractivity contribution is 0.171. The number of anilines is 1. The van der Waals surface area contributed by atoms with Crippen LogP contribution in [0.15, 0.2) is 30.3 Å². The van der Waals surface area contributed by atoms with Crippen LogP contribution >= 0.6 is 11.5 Å². The molecule has 7 heteroatoms. The van der Waals surface area contributed by atoms with Gasteiger partial charge in [0.2, 0.25) is 5.13 Å². The molecule has 26 heavy (non-hydrogen) atoms. The highest BCUT2D eigenvalue weighted by Crippen LogP contribution is 2.22. The topological polar surface area (TPSA) is 61.4 Å². The maximum absolute atomic E-state index is 12.3. The molecule has 2 aromatic rings. The zero-order chi connectivity index (χ0) is 18.4. The number of aromatic nitrogens is 2. The number of hydrogen-bond acceptors (Lipinski definition) is 5. The maximum Gasteiger partial charge on any atom is 0.317 e. The molecule has 1 atom stereocenters. The van der Waals surface area contributed by atoms with Crippen molar-refractivity contribution in [3.8, 4) is 0 Å². The van der Waals surface area contributed by atoms with Crippen LogP contribution in [0, 0.1) is 0 Å². The zero-order valence-electron chi connectivity index (χ0n) is 15.5. The number of piperazine rings is 1. The van der Waals surface area contributed by atoms with Crippen molar-refractivity contribution in [2.75, 3.05) is 31.1 Å². The second kappa shape index (κ2) is 8.98. The first kappa shape index (κ1) is 18.6. The molecule has 1 aromatic carbocycles. The van der Waals surface area contributed by atoms with Gasteiger partial charge in [-0.25, -0.2) is 9.78 Å². The van der Waals surface area contributed by atoms with Crippen LogP contribution in [-0.4, -0.2) is 52.5 Å². The van der Waals surface area contributed by atoms with Gasteiger partial charge in [-0.1, -0.05) is 43.7 Å². The molecule has 2 amide bonds. The molecule has 0 radical (unpaired) electrons. The van der Waals surface area contributed by atoms with Gasteiger partial charge in [0.15, 0.2) is 0 Å². The number of nitrogens with zero attached hydrogens (tertiary/aromatic N) is 4. The molecule has 1 saturated heterocycles. The van der Waals surface area contributed by atoms with E-state index in [1.165, 1.54) is 17.1 Å². The second-order valence-electron chi connectivity index (χ2n) is 6.73. The van der Waals surface area contributed by atoms with E-state index < -0.39 is 0 Å². The Morgan fingerprint density at radius 2 is 2.12 bits per heavy atom. The van der Waals surface area contributed by atoms with E-state index in [0.29, 0.717) is 6.54 Å². The summed E-state index contributed by atoms with van der Waals surface area (Å²) < 4.78 is 4.51. The van der Waals surface area contributed by atoms with E-state index in [4.69, 9.17) is 4.98 Å². The van der Waals surface area contributed by atoms with E-state index in [0.717, 1.165) is 49.9 Å². The summed E-state index contributed by atoms with van der Waals surface area (Å²) in [7, 11) is 0. The van der Waals surface area contributed by atoms with Crippen LogP contribution in [0.5, 0.6) is 0 Å². The Morgan fingerprint density at radius 3 is 2.85 bits per heavy atom.